The Hall–Kier alpha value is -2.40. The molecule has 0 atom stereocenters. The van der Waals surface area contributed by atoms with Gasteiger partial charge in [-0.15, -0.1) is 0 Å². The van der Waals surface area contributed by atoms with Crippen LogP contribution in [-0.2, 0) is 6.54 Å². The summed E-state index contributed by atoms with van der Waals surface area (Å²) in [5, 5.41) is 2.83. The number of pyridine rings is 1. The lowest BCUT2D eigenvalue weighted by Gasteiger charge is -2.10. The molecule has 0 radical (unpaired) electrons. The number of hydrogen-bond acceptors (Lipinski definition) is 4. The molecule has 3 N–H and O–H groups in total. The third kappa shape index (κ3) is 4.29. The summed E-state index contributed by atoms with van der Waals surface area (Å²) in [5.41, 5.74) is 7.45. The summed E-state index contributed by atoms with van der Waals surface area (Å²) in [4.78, 5) is 16.2. The van der Waals surface area contributed by atoms with Gasteiger partial charge >= 0.3 is 0 Å². The van der Waals surface area contributed by atoms with Gasteiger partial charge in [-0.3, -0.25) is 9.78 Å². The number of nitrogens with zero attached hydrogens (tertiary/aromatic N) is 1. The standard InChI is InChI=1S/C16H19N3O2/c1-11(2)21-15-5-3-13(4-6-15)19-16(20)12-7-8-18-14(9-12)10-17/h3-9,11H,10,17H2,1-2H3,(H,19,20). The van der Waals surface area contributed by atoms with Crippen LogP contribution < -0.4 is 15.8 Å². The van der Waals surface area contributed by atoms with Crippen LogP contribution in [-0.4, -0.2) is 17.0 Å². The van der Waals surface area contributed by atoms with Gasteiger partial charge in [-0.05, 0) is 50.2 Å². The van der Waals surface area contributed by atoms with Crippen molar-refractivity contribution in [1.82, 2.24) is 4.98 Å². The summed E-state index contributed by atoms with van der Waals surface area (Å²) in [7, 11) is 0. The Morgan fingerprint density at radius 2 is 2.00 bits per heavy atom. The van der Waals surface area contributed by atoms with Crippen LogP contribution in [0.2, 0.25) is 0 Å². The first-order valence-electron chi connectivity index (χ1n) is 6.81. The van der Waals surface area contributed by atoms with E-state index >= 15 is 0 Å². The molecule has 0 bridgehead atoms. The molecule has 0 saturated heterocycles. The lowest BCUT2D eigenvalue weighted by molar-refractivity contribution is 0.102. The van der Waals surface area contributed by atoms with E-state index in [1.165, 1.54) is 0 Å². The number of nitrogens with one attached hydrogen (secondary N) is 1. The van der Waals surface area contributed by atoms with Crippen molar-refractivity contribution in [2.75, 3.05) is 5.32 Å². The molecule has 5 nitrogen and oxygen atoms in total. The van der Waals surface area contributed by atoms with E-state index in [2.05, 4.69) is 10.3 Å². The van der Waals surface area contributed by atoms with Crippen molar-refractivity contribution < 1.29 is 9.53 Å². The Morgan fingerprint density at radius 1 is 1.29 bits per heavy atom. The van der Waals surface area contributed by atoms with E-state index in [0.29, 0.717) is 23.5 Å². The number of carbonyl (C=O) groups excluding carboxylic acids is 1. The molecule has 0 spiro atoms. The molecular weight excluding hydrogens is 266 g/mol. The molecule has 0 aliphatic heterocycles. The van der Waals surface area contributed by atoms with Gasteiger partial charge in [0.05, 0.1) is 11.8 Å². The number of aromatic nitrogens is 1. The van der Waals surface area contributed by atoms with Crippen molar-refractivity contribution in [1.29, 1.82) is 0 Å². The molecule has 1 amide bonds. The molecule has 1 aromatic carbocycles. The number of carbonyl (C=O) groups is 1. The van der Waals surface area contributed by atoms with Gasteiger partial charge in [0.2, 0.25) is 0 Å². The molecule has 2 aromatic rings. The summed E-state index contributed by atoms with van der Waals surface area (Å²) >= 11 is 0. The maximum Gasteiger partial charge on any atom is 0.255 e. The van der Waals surface area contributed by atoms with Gasteiger partial charge in [0.25, 0.3) is 5.91 Å². The largest absolute Gasteiger partial charge is 0.491 e. The average Bonchev–Trinajstić information content (AvgIpc) is 2.49. The van der Waals surface area contributed by atoms with Crippen molar-refractivity contribution in [2.24, 2.45) is 5.73 Å². The van der Waals surface area contributed by atoms with Crippen LogP contribution in [0.15, 0.2) is 42.6 Å². The Labute approximate surface area is 124 Å². The highest BCUT2D eigenvalue weighted by Gasteiger charge is 2.07. The molecule has 0 fully saturated rings. The van der Waals surface area contributed by atoms with E-state index in [9.17, 15) is 4.79 Å². The van der Waals surface area contributed by atoms with Crippen molar-refractivity contribution in [3.05, 3.63) is 53.9 Å². The Kier molecular flexibility index (Phi) is 4.90. The Balaban J connectivity index is 2.05. The van der Waals surface area contributed by atoms with Crippen molar-refractivity contribution in [2.45, 2.75) is 26.5 Å². The van der Waals surface area contributed by atoms with E-state index in [4.69, 9.17) is 10.5 Å². The fourth-order valence-corrected chi connectivity index (χ4v) is 1.82. The molecule has 1 aromatic heterocycles. The zero-order valence-electron chi connectivity index (χ0n) is 12.2. The number of amides is 1. The number of ether oxygens (including phenoxy) is 1. The summed E-state index contributed by atoms with van der Waals surface area (Å²) in [6.45, 7) is 4.24. The molecule has 21 heavy (non-hydrogen) atoms. The fraction of sp³-hybridized carbons (Fsp3) is 0.250. The minimum Gasteiger partial charge on any atom is -0.491 e. The van der Waals surface area contributed by atoms with Crippen LogP contribution >= 0.6 is 0 Å². The number of benzene rings is 1. The zero-order valence-corrected chi connectivity index (χ0v) is 12.2. The highest BCUT2D eigenvalue weighted by Crippen LogP contribution is 2.17. The predicted molar refractivity (Wildman–Crippen MR) is 82.3 cm³/mol. The van der Waals surface area contributed by atoms with Crippen LogP contribution in [0.3, 0.4) is 0 Å². The maximum atomic E-state index is 12.1. The van der Waals surface area contributed by atoms with Crippen LogP contribution in [0.5, 0.6) is 5.75 Å². The van der Waals surface area contributed by atoms with Crippen LogP contribution in [0.4, 0.5) is 5.69 Å². The van der Waals surface area contributed by atoms with Gasteiger partial charge in [0.1, 0.15) is 5.75 Å². The third-order valence-electron chi connectivity index (χ3n) is 2.77. The summed E-state index contributed by atoms with van der Waals surface area (Å²) in [5.74, 6) is 0.585. The zero-order chi connectivity index (χ0) is 15.2. The van der Waals surface area contributed by atoms with E-state index in [0.717, 1.165) is 5.75 Å². The highest BCUT2D eigenvalue weighted by molar-refractivity contribution is 6.04. The van der Waals surface area contributed by atoms with Gasteiger partial charge in [-0.1, -0.05) is 0 Å². The number of anilines is 1. The predicted octanol–water partition coefficient (Wildman–Crippen LogP) is 2.58. The number of nitrogens with two attached hydrogens (primary N) is 1. The molecule has 0 saturated carbocycles. The van der Waals surface area contributed by atoms with Crippen LogP contribution in [0.25, 0.3) is 0 Å². The molecule has 0 unspecified atom stereocenters. The topological polar surface area (TPSA) is 77.2 Å². The van der Waals surface area contributed by atoms with Gasteiger partial charge in [0.15, 0.2) is 0 Å². The van der Waals surface area contributed by atoms with E-state index in [1.807, 2.05) is 26.0 Å². The highest BCUT2D eigenvalue weighted by atomic mass is 16.5. The summed E-state index contributed by atoms with van der Waals surface area (Å²) < 4.78 is 5.55. The van der Waals surface area contributed by atoms with Crippen molar-refractivity contribution in [3.63, 3.8) is 0 Å². The summed E-state index contributed by atoms with van der Waals surface area (Å²) in [6, 6.07) is 10.6. The van der Waals surface area contributed by atoms with Gasteiger partial charge in [-0.2, -0.15) is 0 Å². The maximum absolute atomic E-state index is 12.1. The molecule has 0 aliphatic rings. The average molecular weight is 285 g/mol. The van der Waals surface area contributed by atoms with Crippen molar-refractivity contribution in [3.8, 4) is 5.75 Å². The quantitative estimate of drug-likeness (QED) is 0.885. The van der Waals surface area contributed by atoms with Gasteiger partial charge in [-0.25, -0.2) is 0 Å². The minimum absolute atomic E-state index is 0.122. The second-order valence-corrected chi connectivity index (χ2v) is 4.89. The Bertz CT molecular complexity index is 609. The Morgan fingerprint density at radius 3 is 2.62 bits per heavy atom. The van der Waals surface area contributed by atoms with Crippen LogP contribution in [0, 0.1) is 0 Å². The monoisotopic (exact) mass is 285 g/mol. The fourth-order valence-electron chi connectivity index (χ4n) is 1.82. The number of rotatable bonds is 5. The first kappa shape index (κ1) is 15.0. The van der Waals surface area contributed by atoms with Crippen molar-refractivity contribution >= 4 is 11.6 Å². The number of hydrogen-bond donors (Lipinski definition) is 2. The van der Waals surface area contributed by atoms with Crippen LogP contribution in [0.1, 0.15) is 29.9 Å². The molecule has 5 heteroatoms. The molecule has 110 valence electrons. The SMILES string of the molecule is CC(C)Oc1ccc(NC(=O)c2ccnc(CN)c2)cc1. The normalized spacial score (nSPS) is 10.5. The molecule has 0 aliphatic carbocycles. The van der Waals surface area contributed by atoms with Gasteiger partial charge in [0, 0.05) is 24.0 Å². The molecule has 2 rings (SSSR count). The third-order valence-corrected chi connectivity index (χ3v) is 2.77. The smallest absolute Gasteiger partial charge is 0.255 e. The van der Waals surface area contributed by atoms with E-state index in [-0.39, 0.29) is 12.0 Å². The second kappa shape index (κ2) is 6.85. The lowest BCUT2D eigenvalue weighted by Crippen LogP contribution is -2.13. The minimum atomic E-state index is -0.190. The molecular formula is C16H19N3O2. The van der Waals surface area contributed by atoms with E-state index in [1.54, 1.807) is 30.5 Å². The summed E-state index contributed by atoms with van der Waals surface area (Å²) in [6.07, 6.45) is 1.70. The first-order chi connectivity index (χ1) is 10.1. The molecule has 1 heterocycles. The van der Waals surface area contributed by atoms with Gasteiger partial charge < -0.3 is 15.8 Å². The van der Waals surface area contributed by atoms with E-state index < -0.39 is 0 Å². The first-order valence-corrected chi connectivity index (χ1v) is 6.81. The second-order valence-electron chi connectivity index (χ2n) is 4.89. The lowest BCUT2D eigenvalue weighted by atomic mass is 10.2.